The van der Waals surface area contributed by atoms with Crippen molar-refractivity contribution in [1.29, 1.82) is 0 Å². The molecule has 0 spiro atoms. The van der Waals surface area contributed by atoms with Crippen LogP contribution in [0.2, 0.25) is 0 Å². The van der Waals surface area contributed by atoms with Crippen molar-refractivity contribution in [3.8, 4) is 0 Å². The fourth-order valence-corrected chi connectivity index (χ4v) is 4.70. The monoisotopic (exact) mass is 385 g/mol. The Balaban J connectivity index is 1.76. The molecule has 0 aromatic heterocycles. The van der Waals surface area contributed by atoms with Crippen molar-refractivity contribution in [2.24, 2.45) is 11.7 Å². The summed E-state index contributed by atoms with van der Waals surface area (Å²) in [5.74, 6) is 0.741. The zero-order chi connectivity index (χ0) is 20.2. The van der Waals surface area contributed by atoms with Gasteiger partial charge < -0.3 is 10.5 Å². The highest BCUT2D eigenvalue weighted by atomic mass is 16.5. The molecule has 0 heterocycles. The molecule has 29 heavy (non-hydrogen) atoms. The van der Waals surface area contributed by atoms with Crippen molar-refractivity contribution >= 4 is 0 Å². The summed E-state index contributed by atoms with van der Waals surface area (Å²) in [5.41, 5.74) is 9.93. The van der Waals surface area contributed by atoms with Gasteiger partial charge in [-0.2, -0.15) is 0 Å². The summed E-state index contributed by atoms with van der Waals surface area (Å²) in [5, 5.41) is 0. The van der Waals surface area contributed by atoms with Crippen LogP contribution in [0, 0.1) is 5.92 Å². The van der Waals surface area contributed by atoms with Crippen LogP contribution < -0.4 is 5.73 Å². The van der Waals surface area contributed by atoms with Gasteiger partial charge in [0.2, 0.25) is 0 Å². The Kier molecular flexibility index (Phi) is 5.84. The van der Waals surface area contributed by atoms with E-state index in [1.807, 2.05) is 7.11 Å². The van der Waals surface area contributed by atoms with Crippen LogP contribution in [-0.4, -0.2) is 12.6 Å². The average Bonchev–Trinajstić information content (AvgIpc) is 3.57. The van der Waals surface area contributed by atoms with E-state index in [1.54, 1.807) is 0 Å². The molecule has 4 rings (SSSR count). The molecule has 3 aromatic carbocycles. The molecule has 0 radical (unpaired) electrons. The molecule has 1 fully saturated rings. The van der Waals surface area contributed by atoms with Crippen LogP contribution >= 0.6 is 0 Å². The summed E-state index contributed by atoms with van der Waals surface area (Å²) < 4.78 is 6.37. The summed E-state index contributed by atoms with van der Waals surface area (Å²) in [6.45, 7) is 0. The van der Waals surface area contributed by atoms with Gasteiger partial charge in [-0.25, -0.2) is 0 Å². The normalized spacial score (nSPS) is 16.3. The zero-order valence-corrected chi connectivity index (χ0v) is 17.3. The highest BCUT2D eigenvalue weighted by Crippen LogP contribution is 2.45. The molecule has 0 aliphatic heterocycles. The summed E-state index contributed by atoms with van der Waals surface area (Å²) >= 11 is 0. The van der Waals surface area contributed by atoms with Crippen LogP contribution in [0.4, 0.5) is 0 Å². The maximum absolute atomic E-state index is 7.23. The van der Waals surface area contributed by atoms with Crippen molar-refractivity contribution in [2.45, 2.75) is 43.2 Å². The Morgan fingerprint density at radius 1 is 0.793 bits per heavy atom. The molecule has 0 amide bonds. The van der Waals surface area contributed by atoms with Crippen molar-refractivity contribution in [3.05, 3.63) is 108 Å². The minimum absolute atomic E-state index is 0.343. The highest BCUT2D eigenvalue weighted by molar-refractivity contribution is 5.38. The van der Waals surface area contributed by atoms with E-state index in [2.05, 4.69) is 91.0 Å². The van der Waals surface area contributed by atoms with Crippen molar-refractivity contribution in [2.75, 3.05) is 7.11 Å². The lowest BCUT2D eigenvalue weighted by molar-refractivity contribution is -0.00667. The number of nitrogens with two attached hydrogens (primary N) is 1. The van der Waals surface area contributed by atoms with Gasteiger partial charge in [0, 0.05) is 19.1 Å². The summed E-state index contributed by atoms with van der Waals surface area (Å²) in [6, 6.07) is 31.8. The van der Waals surface area contributed by atoms with Crippen molar-refractivity contribution < 1.29 is 4.74 Å². The van der Waals surface area contributed by atoms with Gasteiger partial charge in [-0.1, -0.05) is 104 Å². The fourth-order valence-electron chi connectivity index (χ4n) is 4.70. The third-order valence-corrected chi connectivity index (χ3v) is 6.22. The van der Waals surface area contributed by atoms with Crippen molar-refractivity contribution in [1.82, 2.24) is 0 Å². The van der Waals surface area contributed by atoms with Crippen LogP contribution in [0.15, 0.2) is 91.0 Å². The quantitative estimate of drug-likeness (QED) is 0.512. The second-order valence-electron chi connectivity index (χ2n) is 8.61. The molecular formula is C27H31NO. The maximum Gasteiger partial charge on any atom is 0.119 e. The summed E-state index contributed by atoms with van der Waals surface area (Å²) in [4.78, 5) is 0. The van der Waals surface area contributed by atoms with Gasteiger partial charge >= 0.3 is 0 Å². The second-order valence-corrected chi connectivity index (χ2v) is 8.61. The van der Waals surface area contributed by atoms with Crippen LogP contribution in [0.25, 0.3) is 0 Å². The summed E-state index contributed by atoms with van der Waals surface area (Å²) in [6.07, 6.45) is 5.23. The molecule has 150 valence electrons. The van der Waals surface area contributed by atoms with Crippen LogP contribution in [-0.2, 0) is 16.8 Å². The molecule has 0 bridgehead atoms. The van der Waals surface area contributed by atoms with E-state index in [-0.39, 0.29) is 5.54 Å². The van der Waals surface area contributed by atoms with Gasteiger partial charge in [0.15, 0.2) is 0 Å². The lowest BCUT2D eigenvalue weighted by Gasteiger charge is -2.42. The average molecular weight is 386 g/mol. The van der Waals surface area contributed by atoms with Gasteiger partial charge in [-0.15, -0.1) is 0 Å². The van der Waals surface area contributed by atoms with Crippen LogP contribution in [0.3, 0.4) is 0 Å². The SMILES string of the molecule is COC(CC(N)(Cc1ccccc1)CC1CC1)(c1ccccc1)c1ccccc1. The molecule has 2 nitrogen and oxygen atoms in total. The minimum Gasteiger partial charge on any atom is -0.369 e. The zero-order valence-electron chi connectivity index (χ0n) is 17.3. The van der Waals surface area contributed by atoms with E-state index in [1.165, 1.54) is 18.4 Å². The first kappa shape index (κ1) is 19.9. The predicted molar refractivity (Wildman–Crippen MR) is 120 cm³/mol. The lowest BCUT2D eigenvalue weighted by Crippen LogP contribution is -2.50. The number of methoxy groups -OCH3 is 1. The molecule has 1 unspecified atom stereocenters. The third-order valence-electron chi connectivity index (χ3n) is 6.22. The Morgan fingerprint density at radius 2 is 1.28 bits per heavy atom. The first-order chi connectivity index (χ1) is 14.1. The molecule has 2 N–H and O–H groups in total. The maximum atomic E-state index is 7.23. The van der Waals surface area contributed by atoms with Crippen LogP contribution in [0.5, 0.6) is 0 Å². The number of benzene rings is 3. The van der Waals surface area contributed by atoms with Gasteiger partial charge in [0.25, 0.3) is 0 Å². The van der Waals surface area contributed by atoms with Crippen LogP contribution in [0.1, 0.15) is 42.4 Å². The van der Waals surface area contributed by atoms with E-state index in [4.69, 9.17) is 10.5 Å². The molecule has 1 atom stereocenters. The highest BCUT2D eigenvalue weighted by Gasteiger charge is 2.44. The van der Waals surface area contributed by atoms with E-state index in [9.17, 15) is 0 Å². The molecule has 0 saturated heterocycles. The Labute approximate surface area is 174 Å². The first-order valence-electron chi connectivity index (χ1n) is 10.6. The van der Waals surface area contributed by atoms with Gasteiger partial charge in [0.1, 0.15) is 5.60 Å². The second kappa shape index (κ2) is 8.52. The smallest absolute Gasteiger partial charge is 0.119 e. The van der Waals surface area contributed by atoms with Crippen molar-refractivity contribution in [3.63, 3.8) is 0 Å². The van der Waals surface area contributed by atoms with Gasteiger partial charge in [-0.3, -0.25) is 0 Å². The topological polar surface area (TPSA) is 35.2 Å². The summed E-state index contributed by atoms with van der Waals surface area (Å²) in [7, 11) is 1.82. The Hall–Kier alpha value is -2.42. The minimum atomic E-state index is -0.569. The first-order valence-corrected chi connectivity index (χ1v) is 10.6. The largest absolute Gasteiger partial charge is 0.369 e. The van der Waals surface area contributed by atoms with Gasteiger partial charge in [0.05, 0.1) is 0 Å². The predicted octanol–water partition coefficient (Wildman–Crippen LogP) is 5.71. The molecular weight excluding hydrogens is 354 g/mol. The number of hydrogen-bond donors (Lipinski definition) is 1. The van der Waals surface area contributed by atoms with E-state index in [0.717, 1.165) is 36.3 Å². The van der Waals surface area contributed by atoms with E-state index >= 15 is 0 Å². The number of ether oxygens (including phenoxy) is 1. The number of rotatable bonds is 9. The molecule has 1 aliphatic carbocycles. The lowest BCUT2D eigenvalue weighted by atomic mass is 9.72. The standard InChI is InChI=1S/C27H31NO/c1-29-27(24-13-7-3-8-14-24,25-15-9-4-10-16-25)21-26(28,20-23-17-18-23)19-22-11-5-2-6-12-22/h2-16,23H,17-21,28H2,1H3. The number of hydrogen-bond acceptors (Lipinski definition) is 2. The fraction of sp³-hybridized carbons (Fsp3) is 0.333. The molecule has 1 saturated carbocycles. The Bertz CT molecular complexity index is 850. The molecule has 1 aliphatic rings. The van der Waals surface area contributed by atoms with Gasteiger partial charge in [-0.05, 0) is 35.4 Å². The van der Waals surface area contributed by atoms with E-state index < -0.39 is 5.60 Å². The molecule has 3 aromatic rings. The third kappa shape index (κ3) is 4.60. The van der Waals surface area contributed by atoms with E-state index in [0.29, 0.717) is 0 Å². The Morgan fingerprint density at radius 3 is 1.72 bits per heavy atom. The molecule has 2 heteroatoms.